The highest BCUT2D eigenvalue weighted by molar-refractivity contribution is 8.01. The van der Waals surface area contributed by atoms with Gasteiger partial charge in [-0.15, -0.1) is 23.1 Å². The second-order valence-electron chi connectivity index (χ2n) is 4.83. The van der Waals surface area contributed by atoms with Crippen LogP contribution in [0.1, 0.15) is 30.5 Å². The van der Waals surface area contributed by atoms with Crippen molar-refractivity contribution in [3.8, 4) is 6.07 Å². The zero-order valence-electron chi connectivity index (χ0n) is 10.9. The fraction of sp³-hybridized carbons (Fsp3) is 0.267. The lowest BCUT2D eigenvalue weighted by atomic mass is 10.0. The highest BCUT2D eigenvalue weighted by atomic mass is 35.5. The van der Waals surface area contributed by atoms with E-state index < -0.39 is 0 Å². The largest absolute Gasteiger partial charge is 0.377 e. The van der Waals surface area contributed by atoms with Crippen molar-refractivity contribution in [2.45, 2.75) is 28.8 Å². The van der Waals surface area contributed by atoms with E-state index in [9.17, 15) is 5.26 Å². The van der Waals surface area contributed by atoms with Crippen LogP contribution in [-0.4, -0.2) is 5.25 Å². The van der Waals surface area contributed by atoms with Crippen molar-refractivity contribution in [3.05, 3.63) is 45.8 Å². The van der Waals surface area contributed by atoms with Gasteiger partial charge in [0.25, 0.3) is 0 Å². The van der Waals surface area contributed by atoms with Gasteiger partial charge in [-0.3, -0.25) is 0 Å². The van der Waals surface area contributed by atoms with E-state index in [0.29, 0.717) is 15.8 Å². The third kappa shape index (κ3) is 2.67. The van der Waals surface area contributed by atoms with Gasteiger partial charge >= 0.3 is 0 Å². The molecule has 1 aromatic carbocycles. The zero-order valence-corrected chi connectivity index (χ0v) is 13.3. The summed E-state index contributed by atoms with van der Waals surface area (Å²) in [6.07, 6.45) is 1.05. The molecule has 2 atom stereocenters. The summed E-state index contributed by atoms with van der Waals surface area (Å²) < 4.78 is 1.38. The maximum Gasteiger partial charge on any atom is 0.101 e. The molecule has 1 unspecified atom stereocenters. The predicted octanol–water partition coefficient (Wildman–Crippen LogP) is 5.31. The Morgan fingerprint density at radius 3 is 3.05 bits per heavy atom. The molecule has 0 amide bonds. The van der Waals surface area contributed by atoms with Gasteiger partial charge in [0.05, 0.1) is 21.5 Å². The van der Waals surface area contributed by atoms with E-state index in [0.717, 1.165) is 12.1 Å². The van der Waals surface area contributed by atoms with Crippen LogP contribution in [0.3, 0.4) is 0 Å². The van der Waals surface area contributed by atoms with Crippen LogP contribution in [0.4, 0.5) is 5.69 Å². The molecule has 3 rings (SSSR count). The van der Waals surface area contributed by atoms with Crippen molar-refractivity contribution in [3.63, 3.8) is 0 Å². The van der Waals surface area contributed by atoms with E-state index in [4.69, 9.17) is 11.6 Å². The van der Waals surface area contributed by atoms with Gasteiger partial charge in [0.1, 0.15) is 6.07 Å². The molecular weight excluding hydrogens is 308 g/mol. The normalized spacial score (nSPS) is 21.1. The highest BCUT2D eigenvalue weighted by Crippen LogP contribution is 2.45. The maximum atomic E-state index is 9.21. The molecule has 5 heteroatoms. The van der Waals surface area contributed by atoms with Gasteiger partial charge in [-0.1, -0.05) is 18.5 Å². The molecule has 0 saturated carbocycles. The Morgan fingerprint density at radius 1 is 1.40 bits per heavy atom. The topological polar surface area (TPSA) is 35.8 Å². The molecule has 0 radical (unpaired) electrons. The summed E-state index contributed by atoms with van der Waals surface area (Å²) in [6, 6.07) is 9.99. The van der Waals surface area contributed by atoms with Gasteiger partial charge in [-0.2, -0.15) is 5.26 Å². The van der Waals surface area contributed by atoms with Crippen molar-refractivity contribution < 1.29 is 0 Å². The lowest BCUT2D eigenvalue weighted by Gasteiger charge is -2.28. The molecule has 1 aromatic heterocycles. The molecule has 2 aromatic rings. The molecule has 2 nitrogen and oxygen atoms in total. The number of hydrogen-bond acceptors (Lipinski definition) is 4. The molecule has 2 heterocycles. The van der Waals surface area contributed by atoms with E-state index in [-0.39, 0.29) is 6.04 Å². The number of thiophene rings is 1. The molecule has 102 valence electrons. The van der Waals surface area contributed by atoms with Crippen LogP contribution in [0, 0.1) is 11.3 Å². The van der Waals surface area contributed by atoms with E-state index in [1.54, 1.807) is 23.5 Å². The molecule has 1 N–H and O–H groups in total. The van der Waals surface area contributed by atoms with Crippen molar-refractivity contribution in [1.29, 1.82) is 5.26 Å². The van der Waals surface area contributed by atoms with Crippen LogP contribution in [0.15, 0.2) is 33.9 Å². The monoisotopic (exact) mass is 320 g/mol. The zero-order chi connectivity index (χ0) is 14.1. The second-order valence-corrected chi connectivity index (χ2v) is 7.89. The molecule has 0 spiro atoms. The number of anilines is 1. The number of rotatable bonds is 2. The molecule has 0 aliphatic carbocycles. The Kier molecular flexibility index (Phi) is 3.93. The number of fused-ring (bicyclic) bond motifs is 1. The van der Waals surface area contributed by atoms with Gasteiger partial charge in [0, 0.05) is 10.3 Å². The average molecular weight is 321 g/mol. The minimum Gasteiger partial charge on any atom is -0.377 e. The first-order valence-corrected chi connectivity index (χ1v) is 8.51. The summed E-state index contributed by atoms with van der Waals surface area (Å²) in [6.45, 7) is 2.24. The number of nitriles is 1. The van der Waals surface area contributed by atoms with Crippen LogP contribution in [-0.2, 0) is 0 Å². The Hall–Kier alpha value is -1.15. The minimum atomic E-state index is 0.248. The SMILES string of the molecule is C[C@H]1CC(Nc2cc(Cl)ccc2C#N)c2ccsc2S1. The van der Waals surface area contributed by atoms with E-state index >= 15 is 0 Å². The summed E-state index contributed by atoms with van der Waals surface area (Å²) >= 11 is 9.77. The van der Waals surface area contributed by atoms with Gasteiger partial charge in [-0.25, -0.2) is 0 Å². The van der Waals surface area contributed by atoms with Crippen molar-refractivity contribution in [2.24, 2.45) is 0 Å². The van der Waals surface area contributed by atoms with Gasteiger partial charge in [0.2, 0.25) is 0 Å². The lowest BCUT2D eigenvalue weighted by Crippen LogP contribution is -2.19. The minimum absolute atomic E-state index is 0.248. The molecule has 0 saturated heterocycles. The van der Waals surface area contributed by atoms with Crippen LogP contribution in [0.25, 0.3) is 0 Å². The molecule has 1 aliphatic heterocycles. The van der Waals surface area contributed by atoms with Gasteiger partial charge < -0.3 is 5.32 Å². The maximum absolute atomic E-state index is 9.21. The second kappa shape index (κ2) is 5.69. The summed E-state index contributed by atoms with van der Waals surface area (Å²) in [7, 11) is 0. The van der Waals surface area contributed by atoms with Crippen molar-refractivity contribution in [1.82, 2.24) is 0 Å². The lowest BCUT2D eigenvalue weighted by molar-refractivity contribution is 0.670. The Bertz CT molecular complexity index is 675. The number of halogens is 1. The van der Waals surface area contributed by atoms with Crippen LogP contribution < -0.4 is 5.32 Å². The number of benzene rings is 1. The molecular formula is C15H13ClN2S2. The van der Waals surface area contributed by atoms with Crippen molar-refractivity contribution >= 4 is 40.4 Å². The van der Waals surface area contributed by atoms with Crippen LogP contribution in [0.2, 0.25) is 5.02 Å². The Balaban J connectivity index is 1.93. The van der Waals surface area contributed by atoms with Crippen molar-refractivity contribution in [2.75, 3.05) is 5.32 Å². The first-order chi connectivity index (χ1) is 9.67. The third-order valence-electron chi connectivity index (χ3n) is 3.34. The average Bonchev–Trinajstić information content (AvgIpc) is 2.87. The summed E-state index contributed by atoms with van der Waals surface area (Å²) in [5.41, 5.74) is 2.79. The number of hydrogen-bond donors (Lipinski definition) is 1. The van der Waals surface area contributed by atoms with E-state index in [1.165, 1.54) is 9.77 Å². The highest BCUT2D eigenvalue weighted by Gasteiger charge is 2.26. The molecule has 1 aliphatic rings. The van der Waals surface area contributed by atoms with Gasteiger partial charge in [0.15, 0.2) is 0 Å². The number of nitrogens with zero attached hydrogens (tertiary/aromatic N) is 1. The Labute approximate surface area is 131 Å². The Morgan fingerprint density at radius 2 is 2.25 bits per heavy atom. The van der Waals surface area contributed by atoms with Crippen LogP contribution >= 0.6 is 34.7 Å². The number of thioether (sulfide) groups is 1. The van der Waals surface area contributed by atoms with Crippen LogP contribution in [0.5, 0.6) is 0 Å². The fourth-order valence-corrected chi connectivity index (χ4v) is 5.15. The summed E-state index contributed by atoms with van der Waals surface area (Å²) in [5, 5.41) is 16.1. The standard InChI is InChI=1S/C15H13ClN2S2/c1-9-6-14(12-4-5-19-15(12)20-9)18-13-7-11(16)3-2-10(13)8-17/h2-5,7,9,14,18H,6H2,1H3/t9-,14?/m0/s1. The van der Waals surface area contributed by atoms with E-state index in [1.807, 2.05) is 17.8 Å². The third-order valence-corrected chi connectivity index (χ3v) is 5.92. The first-order valence-electron chi connectivity index (χ1n) is 6.37. The first kappa shape index (κ1) is 13.8. The van der Waals surface area contributed by atoms with Gasteiger partial charge in [-0.05, 0) is 41.6 Å². The smallest absolute Gasteiger partial charge is 0.101 e. The summed E-state index contributed by atoms with van der Waals surface area (Å²) in [4.78, 5) is 0. The number of nitrogens with one attached hydrogen (secondary N) is 1. The molecule has 20 heavy (non-hydrogen) atoms. The van der Waals surface area contributed by atoms with E-state index in [2.05, 4.69) is 29.8 Å². The molecule has 0 fully saturated rings. The predicted molar refractivity (Wildman–Crippen MR) is 86.8 cm³/mol. The quantitative estimate of drug-likeness (QED) is 0.814. The molecule has 0 bridgehead atoms. The fourth-order valence-electron chi connectivity index (χ4n) is 2.41. The summed E-state index contributed by atoms with van der Waals surface area (Å²) in [5.74, 6) is 0.